The van der Waals surface area contributed by atoms with E-state index in [0.717, 1.165) is 11.1 Å². The molecule has 4 aromatic carbocycles. The van der Waals surface area contributed by atoms with E-state index in [1.54, 1.807) is 65.6 Å². The van der Waals surface area contributed by atoms with Gasteiger partial charge < -0.3 is 19.7 Å². The average molecular weight is 545 g/mol. The first-order valence-electron chi connectivity index (χ1n) is 11.9. The molecule has 0 saturated heterocycles. The Morgan fingerprint density at radius 2 is 1.74 bits per heavy atom. The minimum absolute atomic E-state index is 0.177. The third-order valence-electron chi connectivity index (χ3n) is 6.39. The maximum atomic E-state index is 13.8. The molecule has 1 atom stereocenters. The molecule has 0 aromatic heterocycles. The number of hydrogen-bond acceptors (Lipinski definition) is 5. The van der Waals surface area contributed by atoms with Gasteiger partial charge >= 0.3 is 0 Å². The molecule has 2 aliphatic rings. The Labute approximate surface area is 226 Å². The summed E-state index contributed by atoms with van der Waals surface area (Å²) in [5, 5.41) is 3.46. The van der Waals surface area contributed by atoms with Gasteiger partial charge in [0.1, 0.15) is 0 Å². The normalized spacial score (nSPS) is 15.4. The van der Waals surface area contributed by atoms with Crippen molar-refractivity contribution in [2.75, 3.05) is 11.7 Å². The highest BCUT2D eigenvalue weighted by Crippen LogP contribution is 2.36. The molecule has 7 nitrogen and oxygen atoms in total. The van der Waals surface area contributed by atoms with E-state index in [4.69, 9.17) is 21.1 Å². The van der Waals surface area contributed by atoms with Gasteiger partial charge in [-0.1, -0.05) is 41.9 Å². The van der Waals surface area contributed by atoms with Gasteiger partial charge in [0.05, 0.1) is 38.4 Å². The largest absolute Gasteiger partial charge is 0.454 e. The number of halogens is 1. The van der Waals surface area contributed by atoms with E-state index in [-0.39, 0.29) is 31.7 Å². The van der Waals surface area contributed by atoms with Crippen molar-refractivity contribution < 1.29 is 23.3 Å². The molecule has 0 radical (unpaired) electrons. The first kappa shape index (κ1) is 24.2. The number of fused-ring (bicyclic) bond motifs is 3. The minimum Gasteiger partial charge on any atom is -0.454 e. The first-order valence-corrected chi connectivity index (χ1v) is 13.4. The second-order valence-corrected chi connectivity index (χ2v) is 10.7. The van der Waals surface area contributed by atoms with E-state index in [2.05, 4.69) is 5.32 Å². The average Bonchev–Trinajstić information content (AvgIpc) is 3.39. The van der Waals surface area contributed by atoms with Crippen molar-refractivity contribution in [2.24, 2.45) is 0 Å². The molecule has 9 heteroatoms. The van der Waals surface area contributed by atoms with Gasteiger partial charge in [-0.15, -0.1) is 0 Å². The SMILES string of the molecule is O=C(NCc1ccc2c(c1)OCO2)c1ccc2c(c1)N(Cc1cccc(Cl)c1)C(=O)c1ccccc1[S@@]2=O. The number of ether oxygens (including phenoxy) is 2. The number of nitrogens with zero attached hydrogens (tertiary/aromatic N) is 1. The van der Waals surface area contributed by atoms with E-state index in [1.807, 2.05) is 24.3 Å². The quantitative estimate of drug-likeness (QED) is 0.367. The Hall–Kier alpha value is -4.14. The van der Waals surface area contributed by atoms with E-state index in [1.165, 1.54) is 0 Å². The molecule has 0 saturated carbocycles. The molecule has 1 N–H and O–H groups in total. The molecule has 2 amide bonds. The Morgan fingerprint density at radius 3 is 2.61 bits per heavy atom. The third-order valence-corrected chi connectivity index (χ3v) is 8.13. The molecule has 4 aromatic rings. The molecular formula is C29H21ClN2O5S. The zero-order valence-electron chi connectivity index (χ0n) is 20.0. The number of carbonyl (C=O) groups excluding carboxylic acids is 2. The van der Waals surface area contributed by atoms with Gasteiger partial charge in [-0.3, -0.25) is 9.59 Å². The molecule has 0 spiro atoms. The van der Waals surface area contributed by atoms with Crippen LogP contribution in [0.25, 0.3) is 0 Å². The van der Waals surface area contributed by atoms with Crippen molar-refractivity contribution in [3.63, 3.8) is 0 Å². The van der Waals surface area contributed by atoms with Crippen molar-refractivity contribution >= 4 is 39.9 Å². The van der Waals surface area contributed by atoms with Gasteiger partial charge in [-0.05, 0) is 65.7 Å². The number of carbonyl (C=O) groups is 2. The summed E-state index contributed by atoms with van der Waals surface area (Å²) in [7, 11) is -1.61. The van der Waals surface area contributed by atoms with Crippen LogP contribution in [0, 0.1) is 0 Å². The van der Waals surface area contributed by atoms with Crippen molar-refractivity contribution in [1.82, 2.24) is 5.32 Å². The maximum Gasteiger partial charge on any atom is 0.259 e. The summed E-state index contributed by atoms with van der Waals surface area (Å²) < 4.78 is 24.3. The van der Waals surface area contributed by atoms with Crippen LogP contribution < -0.4 is 19.7 Å². The topological polar surface area (TPSA) is 84.9 Å². The Bertz CT molecular complexity index is 1620. The number of amides is 2. The van der Waals surface area contributed by atoms with Gasteiger partial charge in [0.25, 0.3) is 11.8 Å². The molecule has 0 fully saturated rings. The van der Waals surface area contributed by atoms with Crippen LogP contribution in [0.2, 0.25) is 5.02 Å². The monoisotopic (exact) mass is 544 g/mol. The van der Waals surface area contributed by atoms with Crippen molar-refractivity contribution in [2.45, 2.75) is 22.9 Å². The molecule has 0 bridgehead atoms. The number of hydrogen-bond donors (Lipinski definition) is 1. The fourth-order valence-electron chi connectivity index (χ4n) is 4.51. The molecule has 0 unspecified atom stereocenters. The zero-order chi connectivity index (χ0) is 26.2. The van der Waals surface area contributed by atoms with Crippen LogP contribution in [0.3, 0.4) is 0 Å². The second-order valence-electron chi connectivity index (χ2n) is 8.84. The maximum absolute atomic E-state index is 13.8. The first-order chi connectivity index (χ1) is 18.5. The summed E-state index contributed by atoms with van der Waals surface area (Å²) in [6.45, 7) is 0.644. The van der Waals surface area contributed by atoms with Crippen LogP contribution in [0.1, 0.15) is 31.8 Å². The fraction of sp³-hybridized carbons (Fsp3) is 0.103. The number of anilines is 1. The molecule has 6 rings (SSSR count). The molecule has 0 aliphatic carbocycles. The van der Waals surface area contributed by atoms with Crippen LogP contribution in [-0.2, 0) is 23.9 Å². The summed E-state index contributed by atoms with van der Waals surface area (Å²) in [5.74, 6) is 0.682. The lowest BCUT2D eigenvalue weighted by Gasteiger charge is -2.24. The highest BCUT2D eigenvalue weighted by molar-refractivity contribution is 7.85. The van der Waals surface area contributed by atoms with Crippen LogP contribution in [0.4, 0.5) is 5.69 Å². The summed E-state index contributed by atoms with van der Waals surface area (Å²) in [6.07, 6.45) is 0. The van der Waals surface area contributed by atoms with Gasteiger partial charge in [0, 0.05) is 17.1 Å². The van der Waals surface area contributed by atoms with Crippen LogP contribution in [0.5, 0.6) is 11.5 Å². The Kier molecular flexibility index (Phi) is 6.35. The predicted octanol–water partition coefficient (Wildman–Crippen LogP) is 5.33. The number of benzene rings is 4. The lowest BCUT2D eigenvalue weighted by atomic mass is 10.1. The molecule has 2 heterocycles. The lowest BCUT2D eigenvalue weighted by molar-refractivity contribution is 0.0947. The lowest BCUT2D eigenvalue weighted by Crippen LogP contribution is -2.31. The van der Waals surface area contributed by atoms with Crippen molar-refractivity contribution in [1.29, 1.82) is 0 Å². The van der Waals surface area contributed by atoms with E-state index >= 15 is 0 Å². The highest BCUT2D eigenvalue weighted by atomic mass is 35.5. The summed E-state index contributed by atoms with van der Waals surface area (Å²) in [6, 6.07) is 24.5. The minimum atomic E-state index is -1.61. The Balaban J connectivity index is 1.34. The highest BCUT2D eigenvalue weighted by Gasteiger charge is 2.31. The van der Waals surface area contributed by atoms with E-state index in [9.17, 15) is 13.8 Å². The molecule has 38 heavy (non-hydrogen) atoms. The van der Waals surface area contributed by atoms with E-state index < -0.39 is 10.8 Å². The zero-order valence-corrected chi connectivity index (χ0v) is 21.6. The third kappa shape index (κ3) is 4.53. The van der Waals surface area contributed by atoms with Crippen LogP contribution in [-0.4, -0.2) is 22.8 Å². The van der Waals surface area contributed by atoms with Crippen LogP contribution >= 0.6 is 11.6 Å². The van der Waals surface area contributed by atoms with Crippen molar-refractivity contribution in [3.05, 3.63) is 112 Å². The van der Waals surface area contributed by atoms with Gasteiger partial charge in [0.15, 0.2) is 11.5 Å². The fourth-order valence-corrected chi connectivity index (χ4v) is 6.07. The summed E-state index contributed by atoms with van der Waals surface area (Å²) in [5.41, 5.74) is 2.78. The Morgan fingerprint density at radius 1 is 0.895 bits per heavy atom. The van der Waals surface area contributed by atoms with Gasteiger partial charge in [0.2, 0.25) is 6.79 Å². The molecule has 2 aliphatic heterocycles. The van der Waals surface area contributed by atoms with Crippen molar-refractivity contribution in [3.8, 4) is 11.5 Å². The standard InChI is InChI=1S/C29H21ClN2O5S/c30-21-5-3-4-19(12-21)16-32-23-14-20(28(33)31-15-18-8-10-24-25(13-18)37-17-36-24)9-11-27(23)38(35)26-7-2-1-6-22(26)29(32)34/h1-14H,15-17H2,(H,31,33)/t38-/m0/s1. The second kappa shape index (κ2) is 9.96. The van der Waals surface area contributed by atoms with Gasteiger partial charge in [-0.25, -0.2) is 4.21 Å². The summed E-state index contributed by atoms with van der Waals surface area (Å²) >= 11 is 6.20. The number of rotatable bonds is 5. The smallest absolute Gasteiger partial charge is 0.259 e. The summed E-state index contributed by atoms with van der Waals surface area (Å²) in [4.78, 5) is 29.4. The van der Waals surface area contributed by atoms with E-state index in [0.29, 0.717) is 43.1 Å². The van der Waals surface area contributed by atoms with Gasteiger partial charge in [-0.2, -0.15) is 0 Å². The van der Waals surface area contributed by atoms with Crippen LogP contribution in [0.15, 0.2) is 94.7 Å². The molecular weight excluding hydrogens is 524 g/mol. The predicted molar refractivity (Wildman–Crippen MR) is 143 cm³/mol. The molecule has 190 valence electrons. The number of nitrogens with one attached hydrogen (secondary N) is 1.